The highest BCUT2D eigenvalue weighted by Gasteiger charge is 2.33. The van der Waals surface area contributed by atoms with Gasteiger partial charge in [0.25, 0.3) is 0 Å². The maximum atomic E-state index is 15.1. The van der Waals surface area contributed by atoms with Crippen molar-refractivity contribution in [2.45, 2.75) is 18.9 Å². The second kappa shape index (κ2) is 11.4. The number of hydrogen-bond donors (Lipinski definition) is 1. The molecule has 3 aromatic rings. The molecule has 1 aliphatic rings. The quantitative estimate of drug-likeness (QED) is 0.451. The van der Waals surface area contributed by atoms with E-state index in [1.807, 2.05) is 0 Å². The summed E-state index contributed by atoms with van der Waals surface area (Å²) >= 11 is 6.11. The molecule has 1 atom stereocenters. The largest absolute Gasteiger partial charge is 0.489 e. The number of ether oxygens (including phenoxy) is 1. The van der Waals surface area contributed by atoms with Crippen molar-refractivity contribution in [1.82, 2.24) is 10.2 Å². The number of halogens is 3. The van der Waals surface area contributed by atoms with Crippen molar-refractivity contribution in [3.8, 4) is 5.75 Å². The number of amides is 1. The van der Waals surface area contributed by atoms with Crippen LogP contribution in [0.15, 0.2) is 72.8 Å². The first-order valence-corrected chi connectivity index (χ1v) is 11.8. The Labute approximate surface area is 203 Å². The summed E-state index contributed by atoms with van der Waals surface area (Å²) in [7, 11) is 0. The van der Waals surface area contributed by atoms with E-state index >= 15 is 4.39 Å². The van der Waals surface area contributed by atoms with Crippen LogP contribution in [0.4, 0.5) is 8.78 Å². The molecule has 0 radical (unpaired) electrons. The highest BCUT2D eigenvalue weighted by atomic mass is 35.5. The van der Waals surface area contributed by atoms with Crippen molar-refractivity contribution >= 4 is 17.5 Å². The van der Waals surface area contributed by atoms with Gasteiger partial charge in [-0.3, -0.25) is 4.79 Å². The maximum Gasteiger partial charge on any atom is 0.226 e. The highest BCUT2D eigenvalue weighted by Crippen LogP contribution is 2.33. The van der Waals surface area contributed by atoms with Gasteiger partial charge < -0.3 is 15.0 Å². The van der Waals surface area contributed by atoms with Gasteiger partial charge in [0, 0.05) is 16.5 Å². The van der Waals surface area contributed by atoms with Gasteiger partial charge in [-0.15, -0.1) is 0 Å². The number of piperidine rings is 1. The Kier molecular flexibility index (Phi) is 8.14. The number of benzene rings is 3. The summed E-state index contributed by atoms with van der Waals surface area (Å²) in [5.41, 5.74) is 1.13. The molecule has 34 heavy (non-hydrogen) atoms. The van der Waals surface area contributed by atoms with Gasteiger partial charge in [-0.05, 0) is 61.8 Å². The van der Waals surface area contributed by atoms with Gasteiger partial charge in [-0.1, -0.05) is 54.1 Å². The molecule has 0 spiro atoms. The normalized spacial score (nSPS) is 15.0. The van der Waals surface area contributed by atoms with E-state index in [1.165, 1.54) is 12.1 Å². The van der Waals surface area contributed by atoms with Crippen molar-refractivity contribution in [3.63, 3.8) is 0 Å². The van der Waals surface area contributed by atoms with Gasteiger partial charge in [0.2, 0.25) is 5.91 Å². The van der Waals surface area contributed by atoms with Crippen molar-refractivity contribution in [3.05, 3.63) is 101 Å². The summed E-state index contributed by atoms with van der Waals surface area (Å²) in [5.74, 6) is -1.01. The van der Waals surface area contributed by atoms with Crippen LogP contribution < -0.4 is 10.1 Å². The summed E-state index contributed by atoms with van der Waals surface area (Å²) < 4.78 is 34.8. The van der Waals surface area contributed by atoms with Gasteiger partial charge in [0.05, 0.1) is 12.6 Å². The Morgan fingerprint density at radius 2 is 1.62 bits per heavy atom. The molecule has 178 valence electrons. The number of rotatable bonds is 8. The lowest BCUT2D eigenvalue weighted by atomic mass is 9.92. The number of nitrogens with one attached hydrogen (secondary N) is 1. The Hall–Kier alpha value is -2.96. The van der Waals surface area contributed by atoms with Crippen LogP contribution in [-0.4, -0.2) is 37.0 Å². The molecule has 0 aromatic heterocycles. The minimum absolute atomic E-state index is 0.0657. The molecule has 1 N–H and O–H groups in total. The van der Waals surface area contributed by atoms with E-state index in [-0.39, 0.29) is 30.7 Å². The van der Waals surface area contributed by atoms with E-state index in [1.54, 1.807) is 65.6 Å². The minimum atomic E-state index is -0.676. The molecule has 4 nitrogen and oxygen atoms in total. The van der Waals surface area contributed by atoms with Gasteiger partial charge in [0.1, 0.15) is 12.4 Å². The maximum absolute atomic E-state index is 15.1. The third kappa shape index (κ3) is 5.75. The van der Waals surface area contributed by atoms with Crippen LogP contribution in [0.1, 0.15) is 30.0 Å². The summed E-state index contributed by atoms with van der Waals surface area (Å²) in [6, 6.07) is 19.0. The third-order valence-electron chi connectivity index (χ3n) is 6.10. The molecule has 4 rings (SSSR count). The Bertz CT molecular complexity index is 1100. The smallest absolute Gasteiger partial charge is 0.226 e. The fourth-order valence-electron chi connectivity index (χ4n) is 4.35. The Morgan fingerprint density at radius 1 is 0.971 bits per heavy atom. The topological polar surface area (TPSA) is 41.6 Å². The molecule has 1 saturated heterocycles. The number of hydrogen-bond acceptors (Lipinski definition) is 3. The summed E-state index contributed by atoms with van der Waals surface area (Å²) in [4.78, 5) is 15.5. The van der Waals surface area contributed by atoms with Crippen molar-refractivity contribution in [2.24, 2.45) is 5.92 Å². The highest BCUT2D eigenvalue weighted by molar-refractivity contribution is 6.30. The average Bonchev–Trinajstić information content (AvgIpc) is 2.86. The molecule has 3 aromatic carbocycles. The number of carbonyl (C=O) groups is 1. The van der Waals surface area contributed by atoms with Crippen LogP contribution in [0, 0.1) is 17.6 Å². The van der Waals surface area contributed by atoms with Gasteiger partial charge in [-0.25, -0.2) is 8.78 Å². The second-order valence-corrected chi connectivity index (χ2v) is 8.75. The van der Waals surface area contributed by atoms with Crippen LogP contribution >= 0.6 is 11.6 Å². The zero-order chi connectivity index (χ0) is 23.9. The standard InChI is InChI=1S/C27H27ClF2N2O2/c28-21-11-9-19(10-12-21)26(22-5-1-2-6-23(22)29)32(27(33)20-13-15-31-16-14-20)17-18-34-25-8-4-3-7-24(25)30/h1-12,20,26,31H,13-18H2. The summed E-state index contributed by atoms with van der Waals surface area (Å²) in [6.45, 7) is 1.73. The number of carbonyl (C=O) groups excluding carboxylic acids is 1. The van der Waals surface area contributed by atoms with Gasteiger partial charge in [0.15, 0.2) is 11.6 Å². The lowest BCUT2D eigenvalue weighted by Gasteiger charge is -2.36. The van der Waals surface area contributed by atoms with Crippen molar-refractivity contribution in [1.29, 1.82) is 0 Å². The fraction of sp³-hybridized carbons (Fsp3) is 0.296. The molecule has 7 heteroatoms. The molecule has 0 bridgehead atoms. The lowest BCUT2D eigenvalue weighted by Crippen LogP contribution is -2.45. The van der Waals surface area contributed by atoms with Crippen LogP contribution in [0.5, 0.6) is 5.75 Å². The lowest BCUT2D eigenvalue weighted by molar-refractivity contribution is -0.138. The second-order valence-electron chi connectivity index (χ2n) is 8.31. The molecular formula is C27H27ClF2N2O2. The van der Waals surface area contributed by atoms with Crippen LogP contribution in [0.3, 0.4) is 0 Å². The first kappa shape index (κ1) is 24.2. The minimum Gasteiger partial charge on any atom is -0.489 e. The molecule has 1 aliphatic heterocycles. The van der Waals surface area contributed by atoms with E-state index in [4.69, 9.17) is 16.3 Å². The first-order chi connectivity index (χ1) is 16.5. The SMILES string of the molecule is O=C(C1CCNCC1)N(CCOc1ccccc1F)C(c1ccc(Cl)cc1)c1ccccc1F. The Balaban J connectivity index is 1.69. The van der Waals surface area contributed by atoms with Crippen molar-refractivity contribution < 1.29 is 18.3 Å². The molecular weight excluding hydrogens is 458 g/mol. The fourth-order valence-corrected chi connectivity index (χ4v) is 4.48. The van der Waals surface area contributed by atoms with Crippen LogP contribution in [-0.2, 0) is 4.79 Å². The van der Waals surface area contributed by atoms with Crippen LogP contribution in [0.2, 0.25) is 5.02 Å². The molecule has 1 amide bonds. The van der Waals surface area contributed by atoms with Crippen LogP contribution in [0.25, 0.3) is 0 Å². The first-order valence-electron chi connectivity index (χ1n) is 11.4. The number of nitrogens with zero attached hydrogens (tertiary/aromatic N) is 1. The average molecular weight is 485 g/mol. The Morgan fingerprint density at radius 3 is 2.29 bits per heavy atom. The molecule has 1 heterocycles. The third-order valence-corrected chi connectivity index (χ3v) is 6.35. The van der Waals surface area contributed by atoms with E-state index in [0.29, 0.717) is 23.4 Å². The zero-order valence-electron chi connectivity index (χ0n) is 18.7. The monoisotopic (exact) mass is 484 g/mol. The van der Waals surface area contributed by atoms with Gasteiger partial charge in [-0.2, -0.15) is 0 Å². The molecule has 0 aliphatic carbocycles. The van der Waals surface area contributed by atoms with Gasteiger partial charge >= 0.3 is 0 Å². The predicted octanol–water partition coefficient (Wildman–Crippen LogP) is 5.61. The predicted molar refractivity (Wildman–Crippen MR) is 129 cm³/mol. The summed E-state index contributed by atoms with van der Waals surface area (Å²) in [5, 5.41) is 3.83. The van der Waals surface area contributed by atoms with E-state index in [2.05, 4.69) is 5.32 Å². The molecule has 1 fully saturated rings. The van der Waals surface area contributed by atoms with E-state index < -0.39 is 17.7 Å². The molecule has 1 unspecified atom stereocenters. The van der Waals surface area contributed by atoms with E-state index in [0.717, 1.165) is 18.7 Å². The number of para-hydroxylation sites is 1. The van der Waals surface area contributed by atoms with Crippen molar-refractivity contribution in [2.75, 3.05) is 26.2 Å². The van der Waals surface area contributed by atoms with E-state index in [9.17, 15) is 9.18 Å². The zero-order valence-corrected chi connectivity index (χ0v) is 19.5. The summed E-state index contributed by atoms with van der Waals surface area (Å²) in [6.07, 6.45) is 1.40. The molecule has 0 saturated carbocycles.